The average molecular weight is 166 g/mol. The maximum atomic E-state index is 12.7. The van der Waals surface area contributed by atoms with Gasteiger partial charge in [-0.1, -0.05) is 0 Å². The van der Waals surface area contributed by atoms with Gasteiger partial charge in [-0.3, -0.25) is 4.98 Å². The smallest absolute Gasteiger partial charge is 0.144 e. The van der Waals surface area contributed by atoms with Crippen LogP contribution in [0, 0.1) is 12.7 Å². The van der Waals surface area contributed by atoms with Crippen LogP contribution < -0.4 is 5.73 Å². The molecule has 64 valence electrons. The Balaban J connectivity index is 3.05. The number of nitrogens with zero attached hydrogens (tertiary/aromatic N) is 1. The van der Waals surface area contributed by atoms with Gasteiger partial charge >= 0.3 is 0 Å². The van der Waals surface area contributed by atoms with Crippen molar-refractivity contribution in [1.29, 1.82) is 0 Å². The van der Waals surface area contributed by atoms with E-state index < -0.39 is 0 Å². The molecule has 0 fully saturated rings. The van der Waals surface area contributed by atoms with Gasteiger partial charge in [0.1, 0.15) is 5.82 Å². The highest BCUT2D eigenvalue weighted by Gasteiger charge is 1.97. The Kier molecular flexibility index (Phi) is 2.43. The summed E-state index contributed by atoms with van der Waals surface area (Å²) < 4.78 is 12.7. The molecule has 1 aromatic rings. The van der Waals surface area contributed by atoms with E-state index >= 15 is 0 Å². The molecule has 2 nitrogen and oxygen atoms in total. The lowest BCUT2D eigenvalue weighted by Crippen LogP contribution is -1.93. The highest BCUT2D eigenvalue weighted by atomic mass is 19.1. The molecule has 0 saturated carbocycles. The summed E-state index contributed by atoms with van der Waals surface area (Å²) >= 11 is 0. The minimum atomic E-state index is -0.290. The Bertz CT molecular complexity index is 314. The summed E-state index contributed by atoms with van der Waals surface area (Å²) in [4.78, 5) is 3.85. The third-order valence-corrected chi connectivity index (χ3v) is 1.44. The van der Waals surface area contributed by atoms with Crippen molar-refractivity contribution in [3.05, 3.63) is 35.0 Å². The predicted octanol–water partition coefficient (Wildman–Crippen LogP) is 1.85. The van der Waals surface area contributed by atoms with Gasteiger partial charge in [-0.2, -0.15) is 0 Å². The number of hydrogen-bond donors (Lipinski definition) is 1. The number of halogens is 1. The van der Waals surface area contributed by atoms with Crippen LogP contribution >= 0.6 is 0 Å². The number of aromatic nitrogens is 1. The molecule has 3 heteroatoms. The summed E-state index contributed by atoms with van der Waals surface area (Å²) in [5.74, 6) is -0.290. The molecule has 0 saturated heterocycles. The van der Waals surface area contributed by atoms with Gasteiger partial charge in [0.25, 0.3) is 0 Å². The Morgan fingerprint density at radius 2 is 2.33 bits per heavy atom. The fourth-order valence-corrected chi connectivity index (χ4v) is 0.873. The summed E-state index contributed by atoms with van der Waals surface area (Å²) in [6.45, 7) is 3.46. The van der Waals surface area contributed by atoms with Gasteiger partial charge < -0.3 is 5.73 Å². The molecule has 0 bridgehead atoms. The molecule has 0 aliphatic heterocycles. The van der Waals surface area contributed by atoms with Crippen molar-refractivity contribution in [3.63, 3.8) is 0 Å². The van der Waals surface area contributed by atoms with Crippen LogP contribution in [0.1, 0.15) is 18.2 Å². The maximum Gasteiger partial charge on any atom is 0.144 e. The number of rotatable bonds is 1. The van der Waals surface area contributed by atoms with Crippen molar-refractivity contribution in [2.75, 3.05) is 0 Å². The van der Waals surface area contributed by atoms with Gasteiger partial charge in [0.15, 0.2) is 0 Å². The third kappa shape index (κ3) is 2.05. The van der Waals surface area contributed by atoms with Crippen LogP contribution in [0.15, 0.2) is 18.0 Å². The van der Waals surface area contributed by atoms with E-state index in [1.54, 1.807) is 26.0 Å². The summed E-state index contributed by atoms with van der Waals surface area (Å²) in [5.41, 5.74) is 7.37. The third-order valence-electron chi connectivity index (χ3n) is 1.44. The fourth-order valence-electron chi connectivity index (χ4n) is 0.873. The molecule has 0 spiro atoms. The van der Waals surface area contributed by atoms with Gasteiger partial charge in [-0.25, -0.2) is 4.39 Å². The van der Waals surface area contributed by atoms with Crippen LogP contribution in [0.5, 0.6) is 0 Å². The highest BCUT2D eigenvalue weighted by molar-refractivity contribution is 5.47. The topological polar surface area (TPSA) is 38.9 Å². The standard InChI is InChI=1S/C9H11FN2/c1-6-3-8(4-7(2)11)12-5-9(6)10/h3-5H,11H2,1-2H3/b7-4-. The number of nitrogens with two attached hydrogens (primary N) is 1. The van der Waals surface area contributed by atoms with Crippen LogP contribution in [-0.4, -0.2) is 4.98 Å². The molecular weight excluding hydrogens is 155 g/mol. The second-order valence-electron chi connectivity index (χ2n) is 2.75. The van der Waals surface area contributed by atoms with Crippen LogP contribution in [-0.2, 0) is 0 Å². The number of pyridine rings is 1. The van der Waals surface area contributed by atoms with Crippen molar-refractivity contribution in [2.45, 2.75) is 13.8 Å². The lowest BCUT2D eigenvalue weighted by molar-refractivity contribution is 0.611. The van der Waals surface area contributed by atoms with E-state index in [0.717, 1.165) is 0 Å². The molecule has 0 unspecified atom stereocenters. The molecule has 0 radical (unpaired) electrons. The molecule has 0 aromatic carbocycles. The second kappa shape index (κ2) is 3.34. The highest BCUT2D eigenvalue weighted by Crippen LogP contribution is 2.07. The van der Waals surface area contributed by atoms with Crippen LogP contribution in [0.4, 0.5) is 4.39 Å². The SMILES string of the molecule is C/C(N)=C/c1cc(C)c(F)cn1. The first-order valence-electron chi connectivity index (χ1n) is 3.65. The predicted molar refractivity (Wildman–Crippen MR) is 46.8 cm³/mol. The van der Waals surface area contributed by atoms with Crippen LogP contribution in [0.3, 0.4) is 0 Å². The minimum absolute atomic E-state index is 0.290. The first-order valence-corrected chi connectivity index (χ1v) is 3.65. The molecule has 1 heterocycles. The molecule has 0 aliphatic rings. The number of allylic oxidation sites excluding steroid dienone is 1. The zero-order valence-corrected chi connectivity index (χ0v) is 7.13. The van der Waals surface area contributed by atoms with Gasteiger partial charge in [0.2, 0.25) is 0 Å². The lowest BCUT2D eigenvalue weighted by atomic mass is 10.2. The Morgan fingerprint density at radius 3 is 2.83 bits per heavy atom. The van der Waals surface area contributed by atoms with Gasteiger partial charge in [0.05, 0.1) is 11.9 Å². The number of aryl methyl sites for hydroxylation is 1. The van der Waals surface area contributed by atoms with Crippen molar-refractivity contribution >= 4 is 6.08 Å². The van der Waals surface area contributed by atoms with E-state index in [0.29, 0.717) is 17.0 Å². The summed E-state index contributed by atoms with van der Waals surface area (Å²) in [7, 11) is 0. The Labute approximate surface area is 70.9 Å². The molecule has 0 aliphatic carbocycles. The van der Waals surface area contributed by atoms with Crippen molar-refractivity contribution in [2.24, 2.45) is 5.73 Å². The van der Waals surface area contributed by atoms with E-state index in [1.165, 1.54) is 6.20 Å². The molecular formula is C9H11FN2. The first-order chi connectivity index (χ1) is 5.59. The van der Waals surface area contributed by atoms with E-state index in [2.05, 4.69) is 4.98 Å². The number of hydrogen-bond acceptors (Lipinski definition) is 2. The average Bonchev–Trinajstić information content (AvgIpc) is 1.96. The van der Waals surface area contributed by atoms with Gasteiger partial charge in [0, 0.05) is 5.70 Å². The Morgan fingerprint density at radius 1 is 1.67 bits per heavy atom. The quantitative estimate of drug-likeness (QED) is 0.691. The lowest BCUT2D eigenvalue weighted by Gasteiger charge is -1.97. The maximum absolute atomic E-state index is 12.7. The summed E-state index contributed by atoms with van der Waals surface area (Å²) in [6.07, 6.45) is 2.90. The fraction of sp³-hybridized carbons (Fsp3) is 0.222. The molecule has 2 N–H and O–H groups in total. The normalized spacial score (nSPS) is 11.8. The zero-order chi connectivity index (χ0) is 9.14. The summed E-state index contributed by atoms with van der Waals surface area (Å²) in [6, 6.07) is 1.66. The van der Waals surface area contributed by atoms with Crippen molar-refractivity contribution in [1.82, 2.24) is 4.98 Å². The van der Waals surface area contributed by atoms with E-state index in [9.17, 15) is 4.39 Å². The van der Waals surface area contributed by atoms with Gasteiger partial charge in [-0.05, 0) is 31.6 Å². The van der Waals surface area contributed by atoms with Crippen LogP contribution in [0.2, 0.25) is 0 Å². The van der Waals surface area contributed by atoms with E-state index in [1.807, 2.05) is 0 Å². The Hall–Kier alpha value is -1.38. The van der Waals surface area contributed by atoms with E-state index in [-0.39, 0.29) is 5.82 Å². The first kappa shape index (κ1) is 8.71. The monoisotopic (exact) mass is 166 g/mol. The van der Waals surface area contributed by atoms with Crippen molar-refractivity contribution < 1.29 is 4.39 Å². The molecule has 1 aromatic heterocycles. The van der Waals surface area contributed by atoms with E-state index in [4.69, 9.17) is 5.73 Å². The molecule has 0 amide bonds. The largest absolute Gasteiger partial charge is 0.402 e. The second-order valence-corrected chi connectivity index (χ2v) is 2.75. The summed E-state index contributed by atoms with van der Waals surface area (Å²) in [5, 5.41) is 0. The molecule has 1 rings (SSSR count). The van der Waals surface area contributed by atoms with Gasteiger partial charge in [-0.15, -0.1) is 0 Å². The zero-order valence-electron chi connectivity index (χ0n) is 7.13. The molecule has 12 heavy (non-hydrogen) atoms. The van der Waals surface area contributed by atoms with Crippen molar-refractivity contribution in [3.8, 4) is 0 Å². The minimum Gasteiger partial charge on any atom is -0.402 e. The molecule has 0 atom stereocenters. The van der Waals surface area contributed by atoms with Crippen LogP contribution in [0.25, 0.3) is 6.08 Å².